The first-order chi connectivity index (χ1) is 7.25. The molecule has 1 fully saturated rings. The summed E-state index contributed by atoms with van der Waals surface area (Å²) in [5.74, 6) is 0. The minimum atomic E-state index is 0.665. The zero-order valence-corrected chi connectivity index (χ0v) is 9.46. The van der Waals surface area contributed by atoms with Crippen LogP contribution in [0.2, 0.25) is 0 Å². The van der Waals surface area contributed by atoms with Crippen LogP contribution in [0.4, 0.5) is 5.69 Å². The summed E-state index contributed by atoms with van der Waals surface area (Å²) < 4.78 is 0. The van der Waals surface area contributed by atoms with Gasteiger partial charge in [0.1, 0.15) is 0 Å². The van der Waals surface area contributed by atoms with E-state index in [0.717, 1.165) is 19.6 Å². The third-order valence-corrected chi connectivity index (χ3v) is 2.83. The van der Waals surface area contributed by atoms with E-state index in [1.165, 1.54) is 11.3 Å². The highest BCUT2D eigenvalue weighted by Crippen LogP contribution is 2.12. The van der Waals surface area contributed by atoms with Gasteiger partial charge in [-0.25, -0.2) is 0 Å². The predicted octanol–water partition coefficient (Wildman–Crippen LogP) is 0.814. The summed E-state index contributed by atoms with van der Waals surface area (Å²) in [5.41, 5.74) is 2.61. The van der Waals surface area contributed by atoms with Gasteiger partial charge in [-0.15, -0.1) is 0 Å². The molecule has 0 radical (unpaired) electrons. The van der Waals surface area contributed by atoms with Gasteiger partial charge in [0.2, 0.25) is 0 Å². The van der Waals surface area contributed by atoms with E-state index in [1.807, 2.05) is 0 Å². The van der Waals surface area contributed by atoms with Gasteiger partial charge in [0, 0.05) is 45.5 Å². The van der Waals surface area contributed by atoms with E-state index in [-0.39, 0.29) is 0 Å². The number of hydrogen-bond acceptors (Lipinski definition) is 3. The van der Waals surface area contributed by atoms with E-state index < -0.39 is 0 Å². The number of benzene rings is 1. The normalized spacial score (nSPS) is 16.1. The molecule has 3 nitrogen and oxygen atoms in total. The Labute approximate surface area is 91.5 Å². The summed E-state index contributed by atoms with van der Waals surface area (Å²) in [5, 5.41) is 6.76. The Hall–Kier alpha value is -1.06. The smallest absolute Gasteiger partial charge is 0.0361 e. The van der Waals surface area contributed by atoms with E-state index in [9.17, 15) is 0 Å². The summed E-state index contributed by atoms with van der Waals surface area (Å²) in [7, 11) is 4.13. The van der Waals surface area contributed by atoms with Gasteiger partial charge in [0.15, 0.2) is 0 Å². The molecule has 0 atom stereocenters. The van der Waals surface area contributed by atoms with Crippen molar-refractivity contribution >= 4 is 5.69 Å². The van der Waals surface area contributed by atoms with Crippen LogP contribution in [0.15, 0.2) is 24.3 Å². The Morgan fingerprint density at radius 2 is 1.93 bits per heavy atom. The number of anilines is 1. The summed E-state index contributed by atoms with van der Waals surface area (Å²) in [6.45, 7) is 3.19. The molecule has 1 aromatic rings. The lowest BCUT2D eigenvalue weighted by atomic mass is 10.1. The molecule has 1 aliphatic rings. The maximum atomic E-state index is 3.51. The van der Waals surface area contributed by atoms with Crippen molar-refractivity contribution in [2.24, 2.45) is 0 Å². The van der Waals surface area contributed by atoms with Crippen LogP contribution in [0.5, 0.6) is 0 Å². The van der Waals surface area contributed by atoms with Gasteiger partial charge in [-0.2, -0.15) is 0 Å². The van der Waals surface area contributed by atoms with Gasteiger partial charge in [-0.05, 0) is 17.7 Å². The average molecular weight is 205 g/mol. The number of nitrogens with zero attached hydrogens (tertiary/aromatic N) is 1. The molecule has 3 heteroatoms. The monoisotopic (exact) mass is 205 g/mol. The van der Waals surface area contributed by atoms with Crippen molar-refractivity contribution in [3.63, 3.8) is 0 Å². The molecular formula is C12H19N3. The molecule has 2 N–H and O–H groups in total. The lowest BCUT2D eigenvalue weighted by Gasteiger charge is -2.28. The second-order valence-electron chi connectivity index (χ2n) is 4.30. The van der Waals surface area contributed by atoms with E-state index in [2.05, 4.69) is 53.9 Å². The Kier molecular flexibility index (Phi) is 3.23. The first kappa shape index (κ1) is 10.5. The molecular weight excluding hydrogens is 186 g/mol. The minimum absolute atomic E-state index is 0.665. The van der Waals surface area contributed by atoms with Crippen molar-refractivity contribution in [1.29, 1.82) is 0 Å². The van der Waals surface area contributed by atoms with Gasteiger partial charge < -0.3 is 15.5 Å². The summed E-state index contributed by atoms with van der Waals surface area (Å²) in [6.07, 6.45) is 0. The molecule has 1 heterocycles. The molecule has 15 heavy (non-hydrogen) atoms. The maximum absolute atomic E-state index is 3.51. The average Bonchev–Trinajstić information content (AvgIpc) is 2.16. The van der Waals surface area contributed by atoms with Crippen LogP contribution in [-0.2, 0) is 6.54 Å². The van der Waals surface area contributed by atoms with Crippen LogP contribution in [0.1, 0.15) is 5.56 Å². The Morgan fingerprint density at radius 3 is 2.40 bits per heavy atom. The highest BCUT2D eigenvalue weighted by Gasteiger charge is 2.14. The zero-order chi connectivity index (χ0) is 10.7. The maximum Gasteiger partial charge on any atom is 0.0361 e. The van der Waals surface area contributed by atoms with Gasteiger partial charge in [0.05, 0.1) is 0 Å². The predicted molar refractivity (Wildman–Crippen MR) is 64.3 cm³/mol. The van der Waals surface area contributed by atoms with Gasteiger partial charge in [-0.3, -0.25) is 0 Å². The number of nitrogens with one attached hydrogen (secondary N) is 2. The third kappa shape index (κ3) is 2.70. The largest absolute Gasteiger partial charge is 0.378 e. The Morgan fingerprint density at radius 1 is 1.27 bits per heavy atom. The van der Waals surface area contributed by atoms with E-state index in [0.29, 0.717) is 6.04 Å². The molecule has 1 saturated heterocycles. The second kappa shape index (κ2) is 4.64. The lowest BCUT2D eigenvalue weighted by Crippen LogP contribution is -2.54. The molecule has 0 aromatic heterocycles. The fraction of sp³-hybridized carbons (Fsp3) is 0.500. The Balaban J connectivity index is 1.86. The molecule has 2 rings (SSSR count). The molecule has 0 bridgehead atoms. The van der Waals surface area contributed by atoms with Gasteiger partial charge in [0.25, 0.3) is 0 Å². The molecule has 0 spiro atoms. The Bertz CT molecular complexity index is 301. The highest BCUT2D eigenvalue weighted by molar-refractivity contribution is 5.45. The quantitative estimate of drug-likeness (QED) is 0.762. The van der Waals surface area contributed by atoms with E-state index >= 15 is 0 Å². The summed E-state index contributed by atoms with van der Waals surface area (Å²) >= 11 is 0. The first-order valence-electron chi connectivity index (χ1n) is 5.46. The third-order valence-electron chi connectivity index (χ3n) is 2.83. The fourth-order valence-electron chi connectivity index (χ4n) is 1.61. The number of rotatable bonds is 4. The van der Waals surface area contributed by atoms with Crippen LogP contribution in [0.25, 0.3) is 0 Å². The molecule has 1 aliphatic heterocycles. The molecule has 0 amide bonds. The second-order valence-corrected chi connectivity index (χ2v) is 4.30. The van der Waals surface area contributed by atoms with Crippen molar-refractivity contribution in [3.05, 3.63) is 29.8 Å². The van der Waals surface area contributed by atoms with Crippen LogP contribution in [0.3, 0.4) is 0 Å². The molecule has 82 valence electrons. The van der Waals surface area contributed by atoms with E-state index in [1.54, 1.807) is 0 Å². The highest BCUT2D eigenvalue weighted by atomic mass is 15.1. The minimum Gasteiger partial charge on any atom is -0.378 e. The van der Waals surface area contributed by atoms with Crippen molar-refractivity contribution in [2.75, 3.05) is 32.1 Å². The van der Waals surface area contributed by atoms with Crippen molar-refractivity contribution in [3.8, 4) is 0 Å². The van der Waals surface area contributed by atoms with Crippen LogP contribution in [-0.4, -0.2) is 33.2 Å². The van der Waals surface area contributed by atoms with E-state index in [4.69, 9.17) is 0 Å². The van der Waals surface area contributed by atoms with Crippen LogP contribution in [0, 0.1) is 0 Å². The number of hydrogen-bond donors (Lipinski definition) is 2. The van der Waals surface area contributed by atoms with Crippen molar-refractivity contribution in [1.82, 2.24) is 10.6 Å². The van der Waals surface area contributed by atoms with Crippen LogP contribution < -0.4 is 15.5 Å². The fourth-order valence-corrected chi connectivity index (χ4v) is 1.61. The molecule has 0 aliphatic carbocycles. The molecule has 1 aromatic carbocycles. The summed E-state index contributed by atoms with van der Waals surface area (Å²) in [6, 6.07) is 9.37. The van der Waals surface area contributed by atoms with Crippen molar-refractivity contribution in [2.45, 2.75) is 12.6 Å². The molecule has 0 unspecified atom stereocenters. The lowest BCUT2D eigenvalue weighted by molar-refractivity contribution is 0.365. The molecule has 0 saturated carbocycles. The zero-order valence-electron chi connectivity index (χ0n) is 9.46. The van der Waals surface area contributed by atoms with Crippen molar-refractivity contribution < 1.29 is 0 Å². The topological polar surface area (TPSA) is 27.3 Å². The summed E-state index contributed by atoms with van der Waals surface area (Å²) in [4.78, 5) is 2.12. The van der Waals surface area contributed by atoms with Gasteiger partial charge >= 0.3 is 0 Å². The first-order valence-corrected chi connectivity index (χ1v) is 5.46. The SMILES string of the molecule is CN(C)c1ccc(CNC2CNC2)cc1. The van der Waals surface area contributed by atoms with Gasteiger partial charge in [-0.1, -0.05) is 12.1 Å². The van der Waals surface area contributed by atoms with Crippen LogP contribution >= 0.6 is 0 Å². The standard InChI is InChI=1S/C12H19N3/c1-15(2)12-5-3-10(4-6-12)7-14-11-8-13-9-11/h3-6,11,13-14H,7-9H2,1-2H3.